The average Bonchev–Trinajstić information content (AvgIpc) is 2.30. The summed E-state index contributed by atoms with van der Waals surface area (Å²) in [6.45, 7) is 0. The molecule has 0 aliphatic heterocycles. The molecule has 0 aliphatic carbocycles. The van der Waals surface area contributed by atoms with Crippen LogP contribution in [0.5, 0.6) is 17.2 Å². The molecule has 4 nitrogen and oxygen atoms in total. The smallest absolute Gasteiger partial charge is 0.171 e. The third-order valence-electron chi connectivity index (χ3n) is 2.19. The zero-order valence-electron chi connectivity index (χ0n) is 9.12. The molecule has 5 heteroatoms. The monoisotopic (exact) mass is 228 g/mol. The summed E-state index contributed by atoms with van der Waals surface area (Å²) in [6.07, 6.45) is 0.985. The zero-order valence-corrected chi connectivity index (χ0v) is 9.12. The van der Waals surface area contributed by atoms with E-state index in [-0.39, 0.29) is 29.9 Å². The lowest BCUT2D eigenvalue weighted by molar-refractivity contribution is -0.107. The number of aldehydes is 1. The molecule has 1 N–H and O–H groups in total. The van der Waals surface area contributed by atoms with Gasteiger partial charge in [-0.1, -0.05) is 0 Å². The number of carbonyl (C=O) groups excluding carboxylic acids is 1. The summed E-state index contributed by atoms with van der Waals surface area (Å²) in [4.78, 5) is 10.3. The molecule has 0 aromatic heterocycles. The van der Waals surface area contributed by atoms with Crippen LogP contribution in [0.2, 0.25) is 0 Å². The van der Waals surface area contributed by atoms with Gasteiger partial charge in [0.25, 0.3) is 0 Å². The Hall–Kier alpha value is -1.78. The molecule has 0 bridgehead atoms. The van der Waals surface area contributed by atoms with Crippen LogP contribution in [-0.4, -0.2) is 25.6 Å². The highest BCUT2D eigenvalue weighted by molar-refractivity contribution is 5.55. The number of hydrogen-bond donors (Lipinski definition) is 1. The van der Waals surface area contributed by atoms with Crippen LogP contribution in [-0.2, 0) is 11.2 Å². The van der Waals surface area contributed by atoms with Crippen LogP contribution in [0.15, 0.2) is 6.07 Å². The Balaban J connectivity index is 3.28. The Kier molecular flexibility index (Phi) is 4.10. The van der Waals surface area contributed by atoms with E-state index in [4.69, 9.17) is 9.47 Å². The molecule has 1 aromatic carbocycles. The first-order valence-electron chi connectivity index (χ1n) is 4.71. The van der Waals surface area contributed by atoms with Crippen molar-refractivity contribution in [2.75, 3.05) is 14.2 Å². The number of phenolic OH excluding ortho intramolecular Hbond substituents is 1. The minimum atomic E-state index is -0.778. The first kappa shape index (κ1) is 12.3. The number of rotatable bonds is 5. The normalized spacial score (nSPS) is 9.94. The first-order valence-corrected chi connectivity index (χ1v) is 4.71. The van der Waals surface area contributed by atoms with E-state index in [1.165, 1.54) is 14.2 Å². The molecule has 0 spiro atoms. The Bertz CT molecular complexity index is 390. The molecule has 0 fully saturated rings. The lowest BCUT2D eigenvalue weighted by Gasteiger charge is -2.13. The second-order valence-electron chi connectivity index (χ2n) is 3.13. The van der Waals surface area contributed by atoms with Gasteiger partial charge in [0.15, 0.2) is 23.1 Å². The minimum Gasteiger partial charge on any atom is -0.505 e. The maximum atomic E-state index is 13.6. The number of aromatic hydroxyl groups is 1. The standard InChI is InChI=1S/C11H13FO4/c1-15-9-6-8(14)10(12)7(4-3-5-13)11(9)16-2/h5-6,14H,3-4H2,1-2H3. The minimum absolute atomic E-state index is 0.145. The maximum absolute atomic E-state index is 13.6. The van der Waals surface area contributed by atoms with Crippen molar-refractivity contribution in [2.24, 2.45) is 0 Å². The second-order valence-corrected chi connectivity index (χ2v) is 3.13. The third kappa shape index (κ3) is 2.24. The number of phenols is 1. The molecule has 1 aromatic rings. The Labute approximate surface area is 92.6 Å². The fourth-order valence-corrected chi connectivity index (χ4v) is 1.46. The van der Waals surface area contributed by atoms with E-state index >= 15 is 0 Å². The topological polar surface area (TPSA) is 55.8 Å². The molecule has 0 aliphatic rings. The maximum Gasteiger partial charge on any atom is 0.171 e. The molecular formula is C11H13FO4. The summed E-state index contributed by atoms with van der Waals surface area (Å²) in [5.74, 6) is -0.847. The van der Waals surface area contributed by atoms with Gasteiger partial charge in [0.2, 0.25) is 0 Å². The van der Waals surface area contributed by atoms with Crippen LogP contribution >= 0.6 is 0 Å². The van der Waals surface area contributed by atoms with E-state index in [1.807, 2.05) is 0 Å². The van der Waals surface area contributed by atoms with Gasteiger partial charge >= 0.3 is 0 Å². The Morgan fingerprint density at radius 2 is 2.12 bits per heavy atom. The van der Waals surface area contributed by atoms with E-state index < -0.39 is 11.6 Å². The number of carbonyl (C=O) groups is 1. The molecule has 0 amide bonds. The van der Waals surface area contributed by atoms with Crippen molar-refractivity contribution in [3.63, 3.8) is 0 Å². The number of benzene rings is 1. The van der Waals surface area contributed by atoms with Crippen LogP contribution in [0.25, 0.3) is 0 Å². The molecule has 16 heavy (non-hydrogen) atoms. The SMILES string of the molecule is COc1cc(O)c(F)c(CCC=O)c1OC. The van der Waals surface area contributed by atoms with Crippen LogP contribution in [0.4, 0.5) is 4.39 Å². The number of ether oxygens (including phenoxy) is 2. The van der Waals surface area contributed by atoms with Crippen molar-refractivity contribution in [1.29, 1.82) is 0 Å². The molecule has 0 saturated heterocycles. The molecule has 0 atom stereocenters. The quantitative estimate of drug-likeness (QED) is 0.779. The molecule has 0 heterocycles. The Morgan fingerprint density at radius 1 is 1.44 bits per heavy atom. The summed E-state index contributed by atoms with van der Waals surface area (Å²) in [6, 6.07) is 1.14. The van der Waals surface area contributed by atoms with Crippen LogP contribution in [0, 0.1) is 5.82 Å². The summed E-state index contributed by atoms with van der Waals surface area (Å²) in [5, 5.41) is 9.33. The molecular weight excluding hydrogens is 215 g/mol. The molecule has 88 valence electrons. The van der Waals surface area contributed by atoms with Gasteiger partial charge in [-0.25, -0.2) is 4.39 Å². The Morgan fingerprint density at radius 3 is 2.62 bits per heavy atom. The van der Waals surface area contributed by atoms with Crippen LogP contribution in [0.1, 0.15) is 12.0 Å². The van der Waals surface area contributed by atoms with Gasteiger partial charge in [-0.05, 0) is 6.42 Å². The fraction of sp³-hybridized carbons (Fsp3) is 0.364. The van der Waals surface area contributed by atoms with Crippen molar-refractivity contribution in [1.82, 2.24) is 0 Å². The fourth-order valence-electron chi connectivity index (χ4n) is 1.46. The van der Waals surface area contributed by atoms with Gasteiger partial charge in [-0.15, -0.1) is 0 Å². The second kappa shape index (κ2) is 5.34. The third-order valence-corrected chi connectivity index (χ3v) is 2.19. The van der Waals surface area contributed by atoms with E-state index in [2.05, 4.69) is 0 Å². The highest BCUT2D eigenvalue weighted by atomic mass is 19.1. The van der Waals surface area contributed by atoms with E-state index in [1.54, 1.807) is 0 Å². The number of methoxy groups -OCH3 is 2. The molecule has 1 rings (SSSR count). The lowest BCUT2D eigenvalue weighted by Crippen LogP contribution is -2.00. The molecule has 0 radical (unpaired) electrons. The highest BCUT2D eigenvalue weighted by Crippen LogP contribution is 2.38. The predicted octanol–water partition coefficient (Wildman–Crippen LogP) is 1.68. The van der Waals surface area contributed by atoms with Crippen molar-refractivity contribution >= 4 is 6.29 Å². The van der Waals surface area contributed by atoms with Crippen molar-refractivity contribution < 1.29 is 23.8 Å². The van der Waals surface area contributed by atoms with Crippen molar-refractivity contribution in [3.05, 3.63) is 17.4 Å². The number of halogens is 1. The zero-order chi connectivity index (χ0) is 12.1. The summed E-state index contributed by atoms with van der Waals surface area (Å²) in [5.41, 5.74) is 0.145. The van der Waals surface area contributed by atoms with Gasteiger partial charge in [0, 0.05) is 18.1 Å². The van der Waals surface area contributed by atoms with Gasteiger partial charge in [0.1, 0.15) is 6.29 Å². The number of hydrogen-bond acceptors (Lipinski definition) is 4. The lowest BCUT2D eigenvalue weighted by atomic mass is 10.1. The predicted molar refractivity (Wildman–Crippen MR) is 55.6 cm³/mol. The largest absolute Gasteiger partial charge is 0.505 e. The van der Waals surface area contributed by atoms with Crippen LogP contribution < -0.4 is 9.47 Å². The average molecular weight is 228 g/mol. The molecule has 0 unspecified atom stereocenters. The first-order chi connectivity index (χ1) is 7.65. The summed E-state index contributed by atoms with van der Waals surface area (Å²) < 4.78 is 23.5. The van der Waals surface area contributed by atoms with Crippen molar-refractivity contribution in [3.8, 4) is 17.2 Å². The highest BCUT2D eigenvalue weighted by Gasteiger charge is 2.18. The van der Waals surface area contributed by atoms with Gasteiger partial charge < -0.3 is 19.4 Å². The van der Waals surface area contributed by atoms with Gasteiger partial charge in [0.05, 0.1) is 14.2 Å². The van der Waals surface area contributed by atoms with E-state index in [0.717, 1.165) is 6.07 Å². The van der Waals surface area contributed by atoms with Crippen LogP contribution in [0.3, 0.4) is 0 Å². The summed E-state index contributed by atoms with van der Waals surface area (Å²) in [7, 11) is 2.76. The van der Waals surface area contributed by atoms with E-state index in [9.17, 15) is 14.3 Å². The van der Waals surface area contributed by atoms with Gasteiger partial charge in [-0.2, -0.15) is 0 Å². The molecule has 0 saturated carbocycles. The van der Waals surface area contributed by atoms with Gasteiger partial charge in [-0.3, -0.25) is 0 Å². The van der Waals surface area contributed by atoms with Crippen molar-refractivity contribution in [2.45, 2.75) is 12.8 Å². The summed E-state index contributed by atoms with van der Waals surface area (Å²) >= 11 is 0. The van der Waals surface area contributed by atoms with E-state index in [0.29, 0.717) is 6.29 Å².